The van der Waals surface area contributed by atoms with E-state index in [2.05, 4.69) is 15.6 Å². The van der Waals surface area contributed by atoms with Gasteiger partial charge in [-0.25, -0.2) is 4.98 Å². The summed E-state index contributed by atoms with van der Waals surface area (Å²) in [5, 5.41) is 6.25. The third kappa shape index (κ3) is 4.64. The van der Waals surface area contributed by atoms with Crippen LogP contribution < -0.4 is 10.6 Å². The maximum atomic E-state index is 12.6. The van der Waals surface area contributed by atoms with Crippen LogP contribution in [-0.2, 0) is 17.6 Å². The number of hydrogen-bond acceptors (Lipinski definition) is 6. The van der Waals surface area contributed by atoms with Crippen molar-refractivity contribution in [1.82, 2.24) is 10.3 Å². The van der Waals surface area contributed by atoms with E-state index in [1.807, 2.05) is 6.26 Å². The van der Waals surface area contributed by atoms with Gasteiger partial charge in [0.2, 0.25) is 5.91 Å². The third-order valence-corrected chi connectivity index (χ3v) is 5.77. The molecule has 2 N–H and O–H groups in total. The molecule has 0 aromatic carbocycles. The van der Waals surface area contributed by atoms with Crippen LogP contribution in [0.3, 0.4) is 0 Å². The molecule has 0 radical (unpaired) electrons. The van der Waals surface area contributed by atoms with Crippen LogP contribution in [0.15, 0.2) is 22.8 Å². The number of aryl methyl sites for hydroxylation is 2. The van der Waals surface area contributed by atoms with Gasteiger partial charge in [0.1, 0.15) is 6.04 Å². The van der Waals surface area contributed by atoms with Gasteiger partial charge in [-0.05, 0) is 56.2 Å². The molecule has 0 bridgehead atoms. The zero-order valence-corrected chi connectivity index (χ0v) is 15.7. The Kier molecular flexibility index (Phi) is 6.14. The molecule has 0 saturated carbocycles. The number of nitrogens with zero attached hydrogens (tertiary/aromatic N) is 1. The van der Waals surface area contributed by atoms with Crippen LogP contribution in [0.1, 0.15) is 40.4 Å². The highest BCUT2D eigenvalue weighted by Crippen LogP contribution is 2.29. The average Bonchev–Trinajstić information content (AvgIpc) is 3.27. The maximum absolute atomic E-state index is 12.6. The number of thioether (sulfide) groups is 1. The van der Waals surface area contributed by atoms with Crippen molar-refractivity contribution < 1.29 is 14.0 Å². The lowest BCUT2D eigenvalue weighted by molar-refractivity contribution is -0.118. The van der Waals surface area contributed by atoms with E-state index in [4.69, 9.17) is 4.42 Å². The minimum absolute atomic E-state index is 0.201. The molecule has 1 unspecified atom stereocenters. The second-order valence-electron chi connectivity index (χ2n) is 5.87. The molecule has 3 rings (SSSR count). The van der Waals surface area contributed by atoms with Crippen molar-refractivity contribution in [3.63, 3.8) is 0 Å². The summed E-state index contributed by atoms with van der Waals surface area (Å²) in [5.74, 6) is 0.349. The number of hydrogen-bond donors (Lipinski definition) is 2. The largest absolute Gasteiger partial charge is 0.459 e. The highest BCUT2D eigenvalue weighted by molar-refractivity contribution is 7.98. The molecule has 8 heteroatoms. The highest BCUT2D eigenvalue weighted by Gasteiger charge is 2.24. The Bertz CT molecular complexity index is 704. The van der Waals surface area contributed by atoms with E-state index in [1.54, 1.807) is 35.2 Å². The highest BCUT2D eigenvalue weighted by atomic mass is 32.2. The van der Waals surface area contributed by atoms with Crippen LogP contribution in [0.2, 0.25) is 0 Å². The fourth-order valence-corrected chi connectivity index (χ4v) is 4.26. The lowest BCUT2D eigenvalue weighted by atomic mass is 10.0. The first-order chi connectivity index (χ1) is 12.2. The molecule has 6 nitrogen and oxygen atoms in total. The van der Waals surface area contributed by atoms with Crippen LogP contribution in [-0.4, -0.2) is 34.8 Å². The van der Waals surface area contributed by atoms with Crippen molar-refractivity contribution in [3.05, 3.63) is 34.7 Å². The molecule has 25 heavy (non-hydrogen) atoms. The lowest BCUT2D eigenvalue weighted by Gasteiger charge is -2.16. The molecule has 1 aliphatic carbocycles. The predicted molar refractivity (Wildman–Crippen MR) is 100 cm³/mol. The van der Waals surface area contributed by atoms with Crippen LogP contribution in [0.25, 0.3) is 0 Å². The quantitative estimate of drug-likeness (QED) is 0.772. The van der Waals surface area contributed by atoms with E-state index in [0.717, 1.165) is 30.7 Å². The van der Waals surface area contributed by atoms with E-state index >= 15 is 0 Å². The molecule has 0 aliphatic heterocycles. The topological polar surface area (TPSA) is 84.2 Å². The number of aromatic nitrogens is 1. The Hall–Kier alpha value is -1.80. The Labute approximate surface area is 154 Å². The van der Waals surface area contributed by atoms with Crippen LogP contribution in [0.4, 0.5) is 5.13 Å². The van der Waals surface area contributed by atoms with Crippen LogP contribution in [0.5, 0.6) is 0 Å². The van der Waals surface area contributed by atoms with E-state index < -0.39 is 6.04 Å². The number of rotatable bonds is 7. The predicted octanol–water partition coefficient (Wildman–Crippen LogP) is 3.11. The number of fused-ring (bicyclic) bond motifs is 1. The van der Waals surface area contributed by atoms with Gasteiger partial charge < -0.3 is 15.1 Å². The average molecular weight is 380 g/mol. The van der Waals surface area contributed by atoms with Crippen molar-refractivity contribution >= 4 is 40.0 Å². The van der Waals surface area contributed by atoms with E-state index in [0.29, 0.717) is 11.6 Å². The number of amides is 2. The van der Waals surface area contributed by atoms with Crippen LogP contribution in [0, 0.1) is 0 Å². The normalized spacial score (nSPS) is 14.6. The van der Waals surface area contributed by atoms with Gasteiger partial charge in [0, 0.05) is 4.88 Å². The summed E-state index contributed by atoms with van der Waals surface area (Å²) < 4.78 is 5.09. The minimum atomic E-state index is -0.619. The summed E-state index contributed by atoms with van der Waals surface area (Å²) >= 11 is 3.17. The first-order valence-corrected chi connectivity index (χ1v) is 10.5. The number of thiazole rings is 1. The monoisotopic (exact) mass is 379 g/mol. The van der Waals surface area contributed by atoms with Gasteiger partial charge in [0.15, 0.2) is 10.9 Å². The van der Waals surface area contributed by atoms with Gasteiger partial charge in [-0.3, -0.25) is 9.59 Å². The van der Waals surface area contributed by atoms with Crippen molar-refractivity contribution in [2.75, 3.05) is 17.3 Å². The number of carbonyl (C=O) groups excluding carboxylic acids is 2. The van der Waals surface area contributed by atoms with Gasteiger partial charge in [-0.1, -0.05) is 0 Å². The van der Waals surface area contributed by atoms with Crippen LogP contribution >= 0.6 is 23.1 Å². The van der Waals surface area contributed by atoms with Gasteiger partial charge in [0.05, 0.1) is 12.0 Å². The first kappa shape index (κ1) is 18.0. The van der Waals surface area contributed by atoms with Gasteiger partial charge in [-0.15, -0.1) is 11.3 Å². The number of nitrogens with one attached hydrogen (secondary N) is 2. The second kappa shape index (κ2) is 8.53. The van der Waals surface area contributed by atoms with Crippen molar-refractivity contribution in [1.29, 1.82) is 0 Å². The van der Waals surface area contributed by atoms with Crippen molar-refractivity contribution in [2.24, 2.45) is 0 Å². The first-order valence-electron chi connectivity index (χ1n) is 8.30. The molecular formula is C17H21N3O3S2. The van der Waals surface area contributed by atoms with E-state index in [1.165, 1.54) is 17.6 Å². The second-order valence-corrected chi connectivity index (χ2v) is 7.94. The summed E-state index contributed by atoms with van der Waals surface area (Å²) in [6.45, 7) is 0. The standard InChI is InChI=1S/C17H21N3O3S2/c1-24-10-8-12(18-16(22)13-6-4-9-23-13)15(21)20-17-19-11-5-2-3-7-14(11)25-17/h4,6,9,12H,2-3,5,7-8,10H2,1H3,(H,18,22)(H,19,20,21). The van der Waals surface area contributed by atoms with Crippen molar-refractivity contribution in [2.45, 2.75) is 38.1 Å². The van der Waals surface area contributed by atoms with E-state index in [-0.39, 0.29) is 17.6 Å². The molecule has 1 aliphatic rings. The third-order valence-electron chi connectivity index (χ3n) is 4.05. The molecule has 0 fully saturated rings. The molecular weight excluding hydrogens is 358 g/mol. The summed E-state index contributed by atoms with van der Waals surface area (Å²) in [4.78, 5) is 30.6. The Morgan fingerprint density at radius 3 is 2.96 bits per heavy atom. The summed E-state index contributed by atoms with van der Waals surface area (Å²) in [5.41, 5.74) is 1.10. The molecule has 134 valence electrons. The zero-order chi connectivity index (χ0) is 17.6. The summed E-state index contributed by atoms with van der Waals surface area (Å²) in [6.07, 6.45) is 8.30. The molecule has 2 aromatic rings. The Morgan fingerprint density at radius 1 is 1.40 bits per heavy atom. The SMILES string of the molecule is CSCCC(NC(=O)c1ccco1)C(=O)Nc1nc2c(s1)CCCC2. The fourth-order valence-electron chi connectivity index (χ4n) is 2.74. The zero-order valence-electron chi connectivity index (χ0n) is 14.0. The Morgan fingerprint density at radius 2 is 2.24 bits per heavy atom. The number of anilines is 1. The van der Waals surface area contributed by atoms with Gasteiger partial charge in [0.25, 0.3) is 5.91 Å². The molecule has 2 heterocycles. The fraction of sp³-hybridized carbons (Fsp3) is 0.471. The van der Waals surface area contributed by atoms with Gasteiger partial charge in [-0.2, -0.15) is 11.8 Å². The van der Waals surface area contributed by atoms with E-state index in [9.17, 15) is 9.59 Å². The smallest absolute Gasteiger partial charge is 0.287 e. The van der Waals surface area contributed by atoms with Gasteiger partial charge >= 0.3 is 0 Å². The Balaban J connectivity index is 1.66. The number of carbonyl (C=O) groups is 2. The molecule has 2 amide bonds. The summed E-state index contributed by atoms with van der Waals surface area (Å²) in [6, 6.07) is 2.60. The molecule has 2 aromatic heterocycles. The minimum Gasteiger partial charge on any atom is -0.459 e. The maximum Gasteiger partial charge on any atom is 0.287 e. The molecule has 1 atom stereocenters. The lowest BCUT2D eigenvalue weighted by Crippen LogP contribution is -2.44. The van der Waals surface area contributed by atoms with Crippen molar-refractivity contribution in [3.8, 4) is 0 Å². The molecule has 0 spiro atoms. The summed E-state index contributed by atoms with van der Waals surface area (Å²) in [7, 11) is 0. The molecule has 0 saturated heterocycles. The number of furan rings is 1.